The van der Waals surface area contributed by atoms with Crippen molar-refractivity contribution in [3.63, 3.8) is 0 Å². The Morgan fingerprint density at radius 2 is 1.90 bits per heavy atom. The fraction of sp³-hybridized carbons (Fsp3) is 0.385. The zero-order valence-corrected chi connectivity index (χ0v) is 11.3. The second-order valence-electron chi connectivity index (χ2n) is 4.23. The van der Waals surface area contributed by atoms with Gasteiger partial charge in [0.05, 0.1) is 13.2 Å². The summed E-state index contributed by atoms with van der Waals surface area (Å²) >= 11 is 0. The predicted molar refractivity (Wildman–Crippen MR) is 71.5 cm³/mol. The molecule has 4 N–H and O–H groups in total. The van der Waals surface area contributed by atoms with Crippen LogP contribution < -0.4 is 15.4 Å². The molecule has 0 aromatic heterocycles. The van der Waals surface area contributed by atoms with Gasteiger partial charge in [-0.3, -0.25) is 0 Å². The Hall–Kier alpha value is -2.28. The minimum absolute atomic E-state index is 0.238. The van der Waals surface area contributed by atoms with Crippen LogP contribution in [0.3, 0.4) is 0 Å². The molecule has 2 atom stereocenters. The SMILES string of the molecule is COc1ccc(CNC(=O)NC(C(=O)O)C(C)O)cc1. The van der Waals surface area contributed by atoms with E-state index in [1.807, 2.05) is 0 Å². The Labute approximate surface area is 116 Å². The van der Waals surface area contributed by atoms with E-state index in [-0.39, 0.29) is 6.54 Å². The largest absolute Gasteiger partial charge is 0.497 e. The lowest BCUT2D eigenvalue weighted by Gasteiger charge is -2.17. The quantitative estimate of drug-likeness (QED) is 0.601. The van der Waals surface area contributed by atoms with Crippen molar-refractivity contribution >= 4 is 12.0 Å². The molecule has 2 unspecified atom stereocenters. The van der Waals surface area contributed by atoms with E-state index >= 15 is 0 Å². The number of urea groups is 1. The lowest BCUT2D eigenvalue weighted by Crippen LogP contribution is -2.50. The monoisotopic (exact) mass is 282 g/mol. The van der Waals surface area contributed by atoms with Crippen LogP contribution in [0.15, 0.2) is 24.3 Å². The van der Waals surface area contributed by atoms with Gasteiger partial charge in [0, 0.05) is 6.54 Å². The first kappa shape index (κ1) is 15.8. The van der Waals surface area contributed by atoms with Crippen molar-refractivity contribution in [2.45, 2.75) is 25.6 Å². The first-order valence-corrected chi connectivity index (χ1v) is 6.02. The third kappa shape index (κ3) is 4.77. The van der Waals surface area contributed by atoms with E-state index < -0.39 is 24.1 Å². The van der Waals surface area contributed by atoms with Crippen molar-refractivity contribution in [1.82, 2.24) is 10.6 Å². The number of carbonyl (C=O) groups is 2. The number of benzene rings is 1. The molecule has 0 spiro atoms. The number of hydrogen-bond donors (Lipinski definition) is 4. The maximum atomic E-state index is 11.5. The topological polar surface area (TPSA) is 108 Å². The van der Waals surface area contributed by atoms with Gasteiger partial charge < -0.3 is 25.6 Å². The van der Waals surface area contributed by atoms with Crippen molar-refractivity contribution in [2.24, 2.45) is 0 Å². The molecule has 110 valence electrons. The summed E-state index contributed by atoms with van der Waals surface area (Å²) in [6, 6.07) is 5.07. The first-order valence-electron chi connectivity index (χ1n) is 6.02. The Morgan fingerprint density at radius 1 is 1.30 bits per heavy atom. The number of carboxylic acid groups (broad SMARTS) is 1. The third-order valence-electron chi connectivity index (χ3n) is 2.65. The molecule has 0 fully saturated rings. The Morgan fingerprint density at radius 3 is 2.35 bits per heavy atom. The van der Waals surface area contributed by atoms with Crippen molar-refractivity contribution in [3.8, 4) is 5.75 Å². The van der Waals surface area contributed by atoms with E-state index in [4.69, 9.17) is 9.84 Å². The number of aliphatic hydroxyl groups is 1. The molecule has 0 aliphatic carbocycles. The van der Waals surface area contributed by atoms with Crippen molar-refractivity contribution in [2.75, 3.05) is 7.11 Å². The van der Waals surface area contributed by atoms with Gasteiger partial charge in [0.1, 0.15) is 5.75 Å². The molecule has 1 aromatic rings. The van der Waals surface area contributed by atoms with E-state index in [0.717, 1.165) is 5.56 Å². The lowest BCUT2D eigenvalue weighted by atomic mass is 10.2. The highest BCUT2D eigenvalue weighted by atomic mass is 16.5. The van der Waals surface area contributed by atoms with Crippen molar-refractivity contribution in [1.29, 1.82) is 0 Å². The number of carbonyl (C=O) groups excluding carboxylic acids is 1. The molecular formula is C13H18N2O5. The number of methoxy groups -OCH3 is 1. The molecule has 2 amide bonds. The molecule has 0 saturated heterocycles. The molecule has 0 saturated carbocycles. The zero-order chi connectivity index (χ0) is 15.1. The van der Waals surface area contributed by atoms with E-state index in [1.54, 1.807) is 31.4 Å². The van der Waals surface area contributed by atoms with Crippen LogP contribution in [0, 0.1) is 0 Å². The summed E-state index contributed by atoms with van der Waals surface area (Å²) in [5, 5.41) is 22.8. The zero-order valence-electron chi connectivity index (χ0n) is 11.3. The van der Waals surface area contributed by atoms with Crippen LogP contribution in [0.5, 0.6) is 5.75 Å². The summed E-state index contributed by atoms with van der Waals surface area (Å²) in [6.07, 6.45) is -1.18. The maximum absolute atomic E-state index is 11.5. The average Bonchev–Trinajstić information content (AvgIpc) is 2.42. The van der Waals surface area contributed by atoms with Gasteiger partial charge in [0.25, 0.3) is 0 Å². The van der Waals surface area contributed by atoms with Crippen LogP contribution in [-0.4, -0.2) is 41.5 Å². The van der Waals surface area contributed by atoms with Crippen LogP contribution in [0.25, 0.3) is 0 Å². The third-order valence-corrected chi connectivity index (χ3v) is 2.65. The summed E-state index contributed by atoms with van der Waals surface area (Å²) in [5.74, 6) is -0.585. The molecule has 7 heteroatoms. The number of rotatable bonds is 6. The molecule has 7 nitrogen and oxygen atoms in total. The number of hydrogen-bond acceptors (Lipinski definition) is 4. The fourth-order valence-electron chi connectivity index (χ4n) is 1.51. The molecule has 20 heavy (non-hydrogen) atoms. The summed E-state index contributed by atoms with van der Waals surface area (Å²) in [7, 11) is 1.56. The smallest absolute Gasteiger partial charge is 0.328 e. The van der Waals surface area contributed by atoms with E-state index in [2.05, 4.69) is 10.6 Å². The predicted octanol–water partition coefficient (Wildman–Crippen LogP) is 0.328. The molecule has 1 aromatic carbocycles. The molecule has 0 radical (unpaired) electrons. The highest BCUT2D eigenvalue weighted by Crippen LogP contribution is 2.10. The fourth-order valence-corrected chi connectivity index (χ4v) is 1.51. The second kappa shape index (κ2) is 7.34. The van der Waals surface area contributed by atoms with Crippen molar-refractivity contribution < 1.29 is 24.5 Å². The minimum atomic E-state index is -1.34. The van der Waals surface area contributed by atoms with Gasteiger partial charge in [-0.25, -0.2) is 9.59 Å². The lowest BCUT2D eigenvalue weighted by molar-refractivity contribution is -0.141. The molecule has 1 rings (SSSR count). The first-order chi connectivity index (χ1) is 9.43. The molecule has 0 aliphatic heterocycles. The summed E-state index contributed by atoms with van der Waals surface area (Å²) in [6.45, 7) is 1.53. The van der Waals surface area contributed by atoms with Crippen molar-refractivity contribution in [3.05, 3.63) is 29.8 Å². The number of carboxylic acids is 1. The summed E-state index contributed by atoms with van der Waals surface area (Å²) < 4.78 is 5.01. The average molecular weight is 282 g/mol. The minimum Gasteiger partial charge on any atom is -0.497 e. The Bertz CT molecular complexity index is 458. The van der Waals surface area contributed by atoms with Crippen LogP contribution in [0.4, 0.5) is 4.79 Å². The number of nitrogens with one attached hydrogen (secondary N) is 2. The number of amides is 2. The Balaban J connectivity index is 2.47. The van der Waals surface area contributed by atoms with Gasteiger partial charge in [-0.15, -0.1) is 0 Å². The van der Waals surface area contributed by atoms with Gasteiger partial charge in [-0.1, -0.05) is 12.1 Å². The van der Waals surface area contributed by atoms with Gasteiger partial charge >= 0.3 is 12.0 Å². The maximum Gasteiger partial charge on any atom is 0.328 e. The van der Waals surface area contributed by atoms with Gasteiger partial charge in [-0.05, 0) is 24.6 Å². The standard InChI is InChI=1S/C13H18N2O5/c1-8(16)11(12(17)18)15-13(19)14-7-9-3-5-10(20-2)6-4-9/h3-6,8,11,16H,7H2,1-2H3,(H,17,18)(H2,14,15,19). The van der Waals surface area contributed by atoms with Gasteiger partial charge in [0.15, 0.2) is 6.04 Å². The van der Waals surface area contributed by atoms with Gasteiger partial charge in [-0.2, -0.15) is 0 Å². The number of aliphatic carboxylic acids is 1. The Kier molecular flexibility index (Phi) is 5.79. The van der Waals surface area contributed by atoms with Crippen LogP contribution in [-0.2, 0) is 11.3 Å². The van der Waals surface area contributed by atoms with Crippen LogP contribution >= 0.6 is 0 Å². The van der Waals surface area contributed by atoms with E-state index in [1.165, 1.54) is 6.92 Å². The molecule has 0 aliphatic rings. The normalized spacial score (nSPS) is 13.2. The highest BCUT2D eigenvalue weighted by Gasteiger charge is 2.24. The second-order valence-corrected chi connectivity index (χ2v) is 4.23. The summed E-state index contributed by atoms with van der Waals surface area (Å²) in [5.41, 5.74) is 0.838. The molecular weight excluding hydrogens is 264 g/mol. The van der Waals surface area contributed by atoms with E-state index in [9.17, 15) is 14.7 Å². The van der Waals surface area contributed by atoms with Gasteiger partial charge in [0.2, 0.25) is 0 Å². The van der Waals surface area contributed by atoms with Crippen LogP contribution in [0.2, 0.25) is 0 Å². The molecule has 0 heterocycles. The summed E-state index contributed by atoms with van der Waals surface area (Å²) in [4.78, 5) is 22.3. The van der Waals surface area contributed by atoms with Crippen LogP contribution in [0.1, 0.15) is 12.5 Å². The number of ether oxygens (including phenoxy) is 1. The molecule has 0 bridgehead atoms. The highest BCUT2D eigenvalue weighted by molar-refractivity contribution is 5.82. The van der Waals surface area contributed by atoms with E-state index in [0.29, 0.717) is 5.75 Å². The number of aliphatic hydroxyl groups excluding tert-OH is 1.